The summed E-state index contributed by atoms with van der Waals surface area (Å²) in [4.78, 5) is 0. The Morgan fingerprint density at radius 2 is 1.80 bits per heavy atom. The lowest BCUT2D eigenvalue weighted by Gasteiger charge is -2.15. The predicted octanol–water partition coefficient (Wildman–Crippen LogP) is 1.47. The van der Waals surface area contributed by atoms with Gasteiger partial charge in [-0.2, -0.15) is 8.42 Å². The van der Waals surface area contributed by atoms with Gasteiger partial charge in [0.05, 0.1) is 0 Å². The molecule has 61 valence electrons. The van der Waals surface area contributed by atoms with Crippen LogP contribution in [0.15, 0.2) is 0 Å². The van der Waals surface area contributed by atoms with Crippen molar-refractivity contribution in [3.63, 3.8) is 0 Å². The van der Waals surface area contributed by atoms with Gasteiger partial charge < -0.3 is 0 Å². The normalized spacial score (nSPS) is 13.6. The van der Waals surface area contributed by atoms with E-state index in [2.05, 4.69) is 0 Å². The van der Waals surface area contributed by atoms with E-state index in [0.29, 0.717) is 6.42 Å². The Labute approximate surface area is 62.2 Å². The third-order valence-electron chi connectivity index (χ3n) is 0.906. The Hall–Kier alpha value is -0.0900. The molecule has 0 heterocycles. The molecule has 0 aromatic heterocycles. The molecule has 4 heteroatoms. The second-order valence-electron chi connectivity index (χ2n) is 3.45. The summed E-state index contributed by atoms with van der Waals surface area (Å²) in [5.41, 5.74) is -0.0875. The van der Waals surface area contributed by atoms with E-state index in [0.717, 1.165) is 5.75 Å². The average Bonchev–Trinajstić information content (AvgIpc) is 1.57. The van der Waals surface area contributed by atoms with Crippen LogP contribution in [0.25, 0.3) is 0 Å². The summed E-state index contributed by atoms with van der Waals surface area (Å²) < 4.78 is 28.7. The molecule has 0 bridgehead atoms. The molecular weight excluding hydrogens is 152 g/mol. The molecule has 0 amide bonds. The maximum absolute atomic E-state index is 10.2. The molecule has 0 aliphatic rings. The van der Waals surface area contributed by atoms with E-state index in [-0.39, 0.29) is 5.41 Å². The topological polar surface area (TPSA) is 54.4 Å². The molecule has 1 radical (unpaired) electrons. The third kappa shape index (κ3) is 7.91. The maximum Gasteiger partial charge on any atom is 0.269 e. The van der Waals surface area contributed by atoms with Gasteiger partial charge >= 0.3 is 0 Å². The second-order valence-corrected chi connectivity index (χ2v) is 4.81. The Kier molecular flexibility index (Phi) is 2.86. The molecule has 0 saturated carbocycles. The summed E-state index contributed by atoms with van der Waals surface area (Å²) >= 11 is 0. The highest BCUT2D eigenvalue weighted by atomic mass is 32.2. The fourth-order valence-electron chi connectivity index (χ4n) is 0.355. The SMILES string of the molecule is CC(C)(C)C[CH]S(=O)(=O)O. The largest absolute Gasteiger partial charge is 0.285 e. The van der Waals surface area contributed by atoms with Gasteiger partial charge in [0.25, 0.3) is 10.1 Å². The summed E-state index contributed by atoms with van der Waals surface area (Å²) in [5, 5.41) is 0. The van der Waals surface area contributed by atoms with Gasteiger partial charge in [-0.15, -0.1) is 0 Å². The summed E-state index contributed by atoms with van der Waals surface area (Å²) in [6, 6.07) is 0. The zero-order valence-electron chi connectivity index (χ0n) is 6.46. The number of hydrogen-bond donors (Lipinski definition) is 1. The first-order valence-electron chi connectivity index (χ1n) is 3.01. The van der Waals surface area contributed by atoms with Crippen LogP contribution >= 0.6 is 0 Å². The highest BCUT2D eigenvalue weighted by Crippen LogP contribution is 2.21. The van der Waals surface area contributed by atoms with Crippen LogP contribution in [0.2, 0.25) is 0 Å². The van der Waals surface area contributed by atoms with Crippen molar-refractivity contribution in [3.8, 4) is 0 Å². The molecule has 0 unspecified atom stereocenters. The van der Waals surface area contributed by atoms with Crippen LogP contribution < -0.4 is 0 Å². The van der Waals surface area contributed by atoms with Gasteiger partial charge in [-0.1, -0.05) is 20.8 Å². The monoisotopic (exact) mass is 165 g/mol. The van der Waals surface area contributed by atoms with E-state index in [4.69, 9.17) is 4.55 Å². The van der Waals surface area contributed by atoms with Crippen molar-refractivity contribution in [1.82, 2.24) is 0 Å². The first-order chi connectivity index (χ1) is 4.21. The van der Waals surface area contributed by atoms with Crippen molar-refractivity contribution in [2.24, 2.45) is 5.41 Å². The van der Waals surface area contributed by atoms with Gasteiger partial charge in [0, 0.05) is 0 Å². The minimum absolute atomic E-state index is 0.0875. The highest BCUT2D eigenvalue weighted by molar-refractivity contribution is 7.87. The molecule has 3 nitrogen and oxygen atoms in total. The van der Waals surface area contributed by atoms with Crippen molar-refractivity contribution in [2.45, 2.75) is 27.2 Å². The summed E-state index contributed by atoms with van der Waals surface area (Å²) in [7, 11) is -3.88. The lowest BCUT2D eigenvalue weighted by Crippen LogP contribution is -2.09. The maximum atomic E-state index is 10.2. The van der Waals surface area contributed by atoms with Crippen LogP contribution in [0, 0.1) is 11.2 Å². The standard InChI is InChI=1S/C6H13O3S/c1-6(2,3)4-5-10(7,8)9/h5H,4H2,1-3H3,(H,7,8,9). The Morgan fingerprint density at radius 3 is 1.90 bits per heavy atom. The number of rotatable bonds is 2. The highest BCUT2D eigenvalue weighted by Gasteiger charge is 2.15. The van der Waals surface area contributed by atoms with Crippen molar-refractivity contribution in [1.29, 1.82) is 0 Å². The van der Waals surface area contributed by atoms with Crippen LogP contribution in [0.3, 0.4) is 0 Å². The van der Waals surface area contributed by atoms with E-state index in [1.807, 2.05) is 20.8 Å². The quantitative estimate of drug-likeness (QED) is 0.630. The second kappa shape index (κ2) is 2.88. The fourth-order valence-corrected chi connectivity index (χ4v) is 1.07. The van der Waals surface area contributed by atoms with Crippen LogP contribution in [0.1, 0.15) is 27.2 Å². The van der Waals surface area contributed by atoms with Crippen molar-refractivity contribution in [3.05, 3.63) is 5.75 Å². The molecule has 0 aliphatic heterocycles. The minimum Gasteiger partial charge on any atom is -0.285 e. The molecular formula is C6H13O3S. The first kappa shape index (κ1) is 9.91. The van der Waals surface area contributed by atoms with Crippen LogP contribution in [0.4, 0.5) is 0 Å². The van der Waals surface area contributed by atoms with E-state index < -0.39 is 10.1 Å². The van der Waals surface area contributed by atoms with Gasteiger partial charge in [-0.05, 0) is 11.8 Å². The van der Waals surface area contributed by atoms with Gasteiger partial charge in [-0.25, -0.2) is 0 Å². The molecule has 0 aromatic carbocycles. The van der Waals surface area contributed by atoms with Crippen molar-refractivity contribution >= 4 is 10.1 Å². The lowest BCUT2D eigenvalue weighted by atomic mass is 9.94. The Morgan fingerprint density at radius 1 is 1.40 bits per heavy atom. The molecule has 0 rings (SSSR count). The molecule has 0 aliphatic carbocycles. The molecule has 0 saturated heterocycles. The van der Waals surface area contributed by atoms with Crippen LogP contribution in [-0.4, -0.2) is 13.0 Å². The van der Waals surface area contributed by atoms with E-state index in [1.165, 1.54) is 0 Å². The Balaban J connectivity index is 3.79. The minimum atomic E-state index is -3.88. The van der Waals surface area contributed by atoms with Crippen molar-refractivity contribution in [2.75, 3.05) is 0 Å². The smallest absolute Gasteiger partial charge is 0.269 e. The van der Waals surface area contributed by atoms with Gasteiger partial charge in [0.2, 0.25) is 0 Å². The van der Waals surface area contributed by atoms with Crippen LogP contribution in [0.5, 0.6) is 0 Å². The molecule has 0 aromatic rings. The zero-order chi connectivity index (χ0) is 8.41. The fraction of sp³-hybridized carbons (Fsp3) is 0.833. The molecule has 10 heavy (non-hydrogen) atoms. The van der Waals surface area contributed by atoms with Gasteiger partial charge in [-0.3, -0.25) is 4.55 Å². The van der Waals surface area contributed by atoms with E-state index in [9.17, 15) is 8.42 Å². The van der Waals surface area contributed by atoms with Gasteiger partial charge in [0.1, 0.15) is 5.75 Å². The summed E-state index contributed by atoms with van der Waals surface area (Å²) in [5.74, 6) is 0.924. The summed E-state index contributed by atoms with van der Waals surface area (Å²) in [6.45, 7) is 5.69. The van der Waals surface area contributed by atoms with Crippen molar-refractivity contribution < 1.29 is 13.0 Å². The molecule has 1 N–H and O–H groups in total. The zero-order valence-corrected chi connectivity index (χ0v) is 7.27. The van der Waals surface area contributed by atoms with E-state index >= 15 is 0 Å². The van der Waals surface area contributed by atoms with E-state index in [1.54, 1.807) is 0 Å². The molecule has 0 spiro atoms. The van der Waals surface area contributed by atoms with Gasteiger partial charge in [0.15, 0.2) is 0 Å². The molecule has 0 fully saturated rings. The molecule has 0 atom stereocenters. The predicted molar refractivity (Wildman–Crippen MR) is 39.9 cm³/mol. The third-order valence-corrected chi connectivity index (χ3v) is 1.49. The Bertz CT molecular complexity index is 186. The lowest BCUT2D eigenvalue weighted by molar-refractivity contribution is 0.405. The first-order valence-corrected chi connectivity index (χ1v) is 4.52. The average molecular weight is 165 g/mol. The summed E-state index contributed by atoms with van der Waals surface area (Å²) in [6.07, 6.45) is 0.367. The van der Waals surface area contributed by atoms with Crippen LogP contribution in [-0.2, 0) is 10.1 Å². The number of hydrogen-bond acceptors (Lipinski definition) is 2.